The second-order valence-electron chi connectivity index (χ2n) is 6.72. The summed E-state index contributed by atoms with van der Waals surface area (Å²) in [6.45, 7) is 0. The fourth-order valence-electron chi connectivity index (χ4n) is 2.74. The molecule has 2 aromatic heterocycles. The van der Waals surface area contributed by atoms with Crippen LogP contribution in [0.15, 0.2) is 47.8 Å². The number of nitrogen functional groups attached to an aromatic ring is 1. The minimum absolute atomic E-state index is 0.170. The number of carbonyl (C=O) groups excluding carboxylic acids is 1. The molecule has 4 rings (SSSR count). The Kier molecular flexibility index (Phi) is 5.00. The van der Waals surface area contributed by atoms with Crippen molar-refractivity contribution in [2.75, 3.05) is 5.73 Å². The first-order valence-corrected chi connectivity index (χ1v) is 10.3. The van der Waals surface area contributed by atoms with Gasteiger partial charge in [-0.1, -0.05) is 0 Å². The summed E-state index contributed by atoms with van der Waals surface area (Å²) in [6.07, 6.45) is 5.17. The maximum atomic E-state index is 14.5. The van der Waals surface area contributed by atoms with Crippen LogP contribution in [0.4, 0.5) is 14.6 Å². The number of hydrogen-bond donors (Lipinski definition) is 2. The summed E-state index contributed by atoms with van der Waals surface area (Å²) in [4.78, 5) is 23.7. The number of halogens is 2. The van der Waals surface area contributed by atoms with E-state index in [2.05, 4.69) is 19.7 Å². The van der Waals surface area contributed by atoms with Gasteiger partial charge in [-0.05, 0) is 31.0 Å². The molecule has 1 aliphatic rings. The van der Waals surface area contributed by atoms with E-state index in [1.165, 1.54) is 18.5 Å². The Labute approximate surface area is 170 Å². The summed E-state index contributed by atoms with van der Waals surface area (Å²) in [5, 5.41) is 0. The second kappa shape index (κ2) is 7.50. The predicted molar refractivity (Wildman–Crippen MR) is 103 cm³/mol. The lowest BCUT2D eigenvalue weighted by Crippen LogP contribution is -2.26. The van der Waals surface area contributed by atoms with E-state index in [-0.39, 0.29) is 34.4 Å². The van der Waals surface area contributed by atoms with Gasteiger partial charge in [0, 0.05) is 35.6 Å². The zero-order valence-corrected chi connectivity index (χ0v) is 16.2. The third-order valence-electron chi connectivity index (χ3n) is 4.43. The van der Waals surface area contributed by atoms with E-state index >= 15 is 0 Å². The molecule has 3 N–H and O–H groups in total. The van der Waals surface area contributed by atoms with E-state index in [4.69, 9.17) is 5.73 Å². The number of aromatic nitrogens is 3. The average Bonchev–Trinajstić information content (AvgIpc) is 3.52. The monoisotopic (exact) mass is 431 g/mol. The third kappa shape index (κ3) is 3.89. The van der Waals surface area contributed by atoms with E-state index in [1.807, 2.05) is 0 Å². The summed E-state index contributed by atoms with van der Waals surface area (Å²) >= 11 is 0. The van der Waals surface area contributed by atoms with Gasteiger partial charge in [0.05, 0.1) is 11.9 Å². The van der Waals surface area contributed by atoms with Crippen molar-refractivity contribution in [3.63, 3.8) is 0 Å². The number of nitrogens with two attached hydrogens (primary N) is 1. The van der Waals surface area contributed by atoms with Gasteiger partial charge < -0.3 is 5.73 Å². The molecule has 11 heteroatoms. The van der Waals surface area contributed by atoms with Gasteiger partial charge in [0.1, 0.15) is 16.5 Å². The minimum atomic E-state index is -4.19. The molecular formula is C19H15F2N5O3S. The van der Waals surface area contributed by atoms with Crippen molar-refractivity contribution in [2.45, 2.75) is 23.8 Å². The molecule has 0 atom stereocenters. The molecule has 0 spiro atoms. The maximum absolute atomic E-state index is 14.5. The highest BCUT2D eigenvalue weighted by atomic mass is 32.2. The number of sulfonamides is 1. The van der Waals surface area contributed by atoms with Crippen LogP contribution in [0.5, 0.6) is 0 Å². The van der Waals surface area contributed by atoms with Crippen LogP contribution in [0.25, 0.3) is 11.3 Å². The lowest BCUT2D eigenvalue weighted by Gasteiger charge is -2.11. The summed E-state index contributed by atoms with van der Waals surface area (Å²) < 4.78 is 55.9. The first-order valence-electron chi connectivity index (χ1n) is 8.85. The number of rotatable bonds is 6. The standard InChI is InChI=1S/C19H15F2N5O3S/c20-13-7-14(21)16(30(28,29)26-11-3-4-11)6-12(13)15-9-24-19(22)17(25-15)18(27)10-2-1-5-23-8-10/h1-2,5-9,11,26H,3-4H2,(H2,22,24). The summed E-state index contributed by atoms with van der Waals surface area (Å²) in [5.74, 6) is -3.09. The second-order valence-corrected chi connectivity index (χ2v) is 8.40. The molecule has 8 nitrogen and oxygen atoms in total. The molecule has 0 radical (unpaired) electrons. The fourth-order valence-corrected chi connectivity index (χ4v) is 4.13. The lowest BCUT2D eigenvalue weighted by molar-refractivity contribution is 0.103. The molecule has 2 heterocycles. The van der Waals surface area contributed by atoms with Crippen LogP contribution >= 0.6 is 0 Å². The molecule has 0 aliphatic heterocycles. The molecule has 1 saturated carbocycles. The average molecular weight is 431 g/mol. The third-order valence-corrected chi connectivity index (χ3v) is 5.96. The number of benzene rings is 1. The molecular weight excluding hydrogens is 416 g/mol. The van der Waals surface area contributed by atoms with E-state index < -0.39 is 32.3 Å². The Morgan fingerprint density at radius 1 is 1.17 bits per heavy atom. The Bertz CT molecular complexity index is 1250. The van der Waals surface area contributed by atoms with Crippen LogP contribution in [-0.2, 0) is 10.0 Å². The summed E-state index contributed by atoms with van der Waals surface area (Å²) in [7, 11) is -4.19. The minimum Gasteiger partial charge on any atom is -0.382 e. The van der Waals surface area contributed by atoms with Crippen LogP contribution in [-0.4, -0.2) is 35.2 Å². The fraction of sp³-hybridized carbons (Fsp3) is 0.158. The number of ketones is 1. The zero-order valence-electron chi connectivity index (χ0n) is 15.3. The van der Waals surface area contributed by atoms with Crippen molar-refractivity contribution >= 4 is 21.6 Å². The molecule has 1 aromatic carbocycles. The molecule has 0 amide bonds. The SMILES string of the molecule is Nc1ncc(-c2cc(S(=O)(=O)NC3CC3)c(F)cc2F)nc1C(=O)c1cccnc1. The molecule has 3 aromatic rings. The normalized spacial score (nSPS) is 13.9. The number of nitrogens with zero attached hydrogens (tertiary/aromatic N) is 3. The largest absolute Gasteiger partial charge is 0.382 e. The summed E-state index contributed by atoms with van der Waals surface area (Å²) in [5.41, 5.74) is 5.18. The van der Waals surface area contributed by atoms with E-state index in [0.29, 0.717) is 18.9 Å². The quantitative estimate of drug-likeness (QED) is 0.572. The molecule has 1 aliphatic carbocycles. The zero-order chi connectivity index (χ0) is 21.5. The van der Waals surface area contributed by atoms with Gasteiger partial charge in [-0.15, -0.1) is 0 Å². The van der Waals surface area contributed by atoms with Gasteiger partial charge in [-0.25, -0.2) is 31.9 Å². The molecule has 154 valence electrons. The number of nitrogens with one attached hydrogen (secondary N) is 1. The lowest BCUT2D eigenvalue weighted by atomic mass is 10.1. The van der Waals surface area contributed by atoms with Crippen LogP contribution in [0.2, 0.25) is 0 Å². The van der Waals surface area contributed by atoms with Gasteiger partial charge in [-0.3, -0.25) is 9.78 Å². The van der Waals surface area contributed by atoms with Gasteiger partial charge in [0.2, 0.25) is 15.8 Å². The van der Waals surface area contributed by atoms with Crippen molar-refractivity contribution in [1.29, 1.82) is 0 Å². The topological polar surface area (TPSA) is 128 Å². The number of anilines is 1. The first kappa shape index (κ1) is 20.0. The van der Waals surface area contributed by atoms with Crippen molar-refractivity contribution < 1.29 is 22.0 Å². The number of pyridine rings is 1. The van der Waals surface area contributed by atoms with Crippen LogP contribution in [0.3, 0.4) is 0 Å². The van der Waals surface area contributed by atoms with Gasteiger partial charge in [-0.2, -0.15) is 0 Å². The predicted octanol–water partition coefficient (Wildman–Crippen LogP) is 2.07. The van der Waals surface area contributed by atoms with Crippen LogP contribution in [0, 0.1) is 11.6 Å². The Balaban J connectivity index is 1.79. The van der Waals surface area contributed by atoms with Crippen molar-refractivity contribution in [1.82, 2.24) is 19.7 Å². The van der Waals surface area contributed by atoms with Gasteiger partial charge in [0.15, 0.2) is 11.5 Å². The van der Waals surface area contributed by atoms with Crippen molar-refractivity contribution in [3.05, 3.63) is 65.7 Å². The summed E-state index contributed by atoms with van der Waals surface area (Å²) in [6, 6.07) is 4.06. The molecule has 0 bridgehead atoms. The number of carbonyl (C=O) groups is 1. The first-order chi connectivity index (χ1) is 14.3. The highest BCUT2D eigenvalue weighted by molar-refractivity contribution is 7.89. The molecule has 1 fully saturated rings. The Morgan fingerprint density at radius 2 is 1.93 bits per heavy atom. The highest BCUT2D eigenvalue weighted by Crippen LogP contribution is 2.29. The van der Waals surface area contributed by atoms with E-state index in [9.17, 15) is 22.0 Å². The van der Waals surface area contributed by atoms with E-state index in [0.717, 1.165) is 12.3 Å². The molecule has 0 saturated heterocycles. The van der Waals surface area contributed by atoms with Crippen molar-refractivity contribution in [3.8, 4) is 11.3 Å². The maximum Gasteiger partial charge on any atom is 0.243 e. The van der Waals surface area contributed by atoms with Crippen LogP contribution in [0.1, 0.15) is 28.9 Å². The number of hydrogen-bond acceptors (Lipinski definition) is 7. The Hall–Kier alpha value is -3.31. The molecule has 30 heavy (non-hydrogen) atoms. The van der Waals surface area contributed by atoms with Gasteiger partial charge >= 0.3 is 0 Å². The smallest absolute Gasteiger partial charge is 0.243 e. The molecule has 0 unspecified atom stereocenters. The van der Waals surface area contributed by atoms with Crippen molar-refractivity contribution in [2.24, 2.45) is 0 Å². The Morgan fingerprint density at radius 3 is 2.60 bits per heavy atom. The van der Waals surface area contributed by atoms with Gasteiger partial charge in [0.25, 0.3) is 0 Å². The van der Waals surface area contributed by atoms with E-state index in [1.54, 1.807) is 6.07 Å². The van der Waals surface area contributed by atoms with Crippen LogP contribution < -0.4 is 10.5 Å². The highest BCUT2D eigenvalue weighted by Gasteiger charge is 2.31.